The van der Waals surface area contributed by atoms with Crippen molar-refractivity contribution in [1.82, 2.24) is 14.8 Å². The lowest BCUT2D eigenvalue weighted by molar-refractivity contribution is 0.458. The lowest BCUT2D eigenvalue weighted by Crippen LogP contribution is -2.05. The molecule has 0 aromatic carbocycles. The third-order valence-electron chi connectivity index (χ3n) is 1.64. The molecule has 15 heavy (non-hydrogen) atoms. The predicted octanol–water partition coefficient (Wildman–Crippen LogP) is 2.34. The molecule has 0 radical (unpaired) electrons. The summed E-state index contributed by atoms with van der Waals surface area (Å²) in [6.07, 6.45) is 2.45. The maximum atomic E-state index is 13.2. The lowest BCUT2D eigenvalue weighted by atomic mass is 10.4. The molecule has 2 rings (SSSR count). The van der Waals surface area contributed by atoms with E-state index >= 15 is 0 Å². The van der Waals surface area contributed by atoms with Crippen LogP contribution in [0.25, 0.3) is 5.82 Å². The van der Waals surface area contributed by atoms with Crippen LogP contribution in [0.2, 0.25) is 5.02 Å². The SMILES string of the molecule is Fc1cc(F)c(-n2cc(Cl)cn2)nc1F. The van der Waals surface area contributed by atoms with E-state index in [9.17, 15) is 13.2 Å². The van der Waals surface area contributed by atoms with Crippen LogP contribution >= 0.6 is 11.6 Å². The highest BCUT2D eigenvalue weighted by Crippen LogP contribution is 2.15. The molecule has 0 aliphatic heterocycles. The van der Waals surface area contributed by atoms with Crippen molar-refractivity contribution in [2.75, 3.05) is 0 Å². The normalized spacial score (nSPS) is 10.7. The molecule has 0 amide bonds. The van der Waals surface area contributed by atoms with Crippen LogP contribution in [0.1, 0.15) is 0 Å². The average Bonchev–Trinajstić information content (AvgIpc) is 2.58. The summed E-state index contributed by atoms with van der Waals surface area (Å²) in [5.74, 6) is -4.21. The molecule has 0 saturated heterocycles. The topological polar surface area (TPSA) is 30.7 Å². The van der Waals surface area contributed by atoms with Gasteiger partial charge < -0.3 is 0 Å². The highest BCUT2D eigenvalue weighted by atomic mass is 35.5. The number of aromatic nitrogens is 3. The van der Waals surface area contributed by atoms with Crippen molar-refractivity contribution in [3.05, 3.63) is 41.1 Å². The van der Waals surface area contributed by atoms with Crippen molar-refractivity contribution < 1.29 is 13.2 Å². The van der Waals surface area contributed by atoms with Crippen LogP contribution in [0.3, 0.4) is 0 Å². The minimum atomic E-state index is -1.39. The summed E-state index contributed by atoms with van der Waals surface area (Å²) in [6, 6.07) is 0.396. The molecule has 0 fully saturated rings. The number of pyridine rings is 1. The van der Waals surface area contributed by atoms with Crippen molar-refractivity contribution in [3.8, 4) is 5.82 Å². The monoisotopic (exact) mass is 233 g/mol. The van der Waals surface area contributed by atoms with E-state index in [1.165, 1.54) is 12.4 Å². The molecule has 0 aliphatic rings. The zero-order valence-electron chi connectivity index (χ0n) is 7.09. The van der Waals surface area contributed by atoms with Gasteiger partial charge in [-0.3, -0.25) is 0 Å². The highest BCUT2D eigenvalue weighted by Gasteiger charge is 2.13. The fraction of sp³-hybridized carbons (Fsp3) is 0. The summed E-state index contributed by atoms with van der Waals surface area (Å²) in [7, 11) is 0. The van der Waals surface area contributed by atoms with Gasteiger partial charge in [0.15, 0.2) is 17.5 Å². The van der Waals surface area contributed by atoms with Gasteiger partial charge in [-0.2, -0.15) is 14.5 Å². The minimum Gasteiger partial charge on any atom is -0.218 e. The average molecular weight is 234 g/mol. The molecule has 0 spiro atoms. The van der Waals surface area contributed by atoms with Crippen molar-refractivity contribution in [2.24, 2.45) is 0 Å². The molecule has 2 heterocycles. The standard InChI is InChI=1S/C8H3ClF3N3/c9-4-2-13-15(3-4)8-6(11)1-5(10)7(12)14-8/h1-3H. The third-order valence-corrected chi connectivity index (χ3v) is 1.83. The zero-order chi connectivity index (χ0) is 11.0. The maximum absolute atomic E-state index is 13.2. The Hall–Kier alpha value is -1.56. The molecule has 0 aliphatic carbocycles. The van der Waals surface area contributed by atoms with Crippen LogP contribution < -0.4 is 0 Å². The minimum absolute atomic E-state index is 0.237. The summed E-state index contributed by atoms with van der Waals surface area (Å²) in [6.45, 7) is 0. The van der Waals surface area contributed by atoms with Crippen LogP contribution in [0.15, 0.2) is 18.5 Å². The van der Waals surface area contributed by atoms with Gasteiger partial charge in [-0.25, -0.2) is 13.5 Å². The highest BCUT2D eigenvalue weighted by molar-refractivity contribution is 6.30. The van der Waals surface area contributed by atoms with E-state index in [1.807, 2.05) is 0 Å². The quantitative estimate of drug-likeness (QED) is 0.708. The lowest BCUT2D eigenvalue weighted by Gasteiger charge is -2.01. The fourth-order valence-electron chi connectivity index (χ4n) is 1.01. The first kappa shape index (κ1) is 9.97. The van der Waals surface area contributed by atoms with Crippen molar-refractivity contribution >= 4 is 11.6 Å². The van der Waals surface area contributed by atoms with Gasteiger partial charge in [0.2, 0.25) is 0 Å². The van der Waals surface area contributed by atoms with Gasteiger partial charge in [0.25, 0.3) is 5.95 Å². The van der Waals surface area contributed by atoms with Crippen LogP contribution in [0, 0.1) is 17.6 Å². The molecule has 0 unspecified atom stereocenters. The second kappa shape index (κ2) is 3.54. The molecule has 3 nitrogen and oxygen atoms in total. The predicted molar refractivity (Wildman–Crippen MR) is 46.2 cm³/mol. The molecule has 78 valence electrons. The van der Waals surface area contributed by atoms with Crippen LogP contribution in [0.5, 0.6) is 0 Å². The first-order valence-electron chi connectivity index (χ1n) is 3.80. The first-order chi connectivity index (χ1) is 7.08. The second-order valence-corrected chi connectivity index (χ2v) is 3.11. The van der Waals surface area contributed by atoms with Crippen molar-refractivity contribution in [3.63, 3.8) is 0 Å². The Labute approximate surface area is 87.1 Å². The Balaban J connectivity index is 2.58. The van der Waals surface area contributed by atoms with Gasteiger partial charge in [0.1, 0.15) is 0 Å². The smallest absolute Gasteiger partial charge is 0.218 e. The number of hydrogen-bond acceptors (Lipinski definition) is 2. The maximum Gasteiger partial charge on any atom is 0.251 e. The van der Waals surface area contributed by atoms with Gasteiger partial charge in [-0.15, -0.1) is 0 Å². The Morgan fingerprint density at radius 3 is 2.53 bits per heavy atom. The van der Waals surface area contributed by atoms with E-state index < -0.39 is 23.4 Å². The summed E-state index contributed by atoms with van der Waals surface area (Å²) in [4.78, 5) is 3.08. The second-order valence-electron chi connectivity index (χ2n) is 2.67. The first-order valence-corrected chi connectivity index (χ1v) is 4.18. The number of nitrogens with zero attached hydrogens (tertiary/aromatic N) is 3. The summed E-state index contributed by atoms with van der Waals surface area (Å²) in [5.41, 5.74) is 0. The molecule has 0 saturated carbocycles. The number of halogens is 4. The van der Waals surface area contributed by atoms with E-state index in [4.69, 9.17) is 11.6 Å². The van der Waals surface area contributed by atoms with Crippen LogP contribution in [0.4, 0.5) is 13.2 Å². The van der Waals surface area contributed by atoms with Crippen molar-refractivity contribution in [1.29, 1.82) is 0 Å². The Morgan fingerprint density at radius 2 is 1.93 bits per heavy atom. The molecule has 7 heteroatoms. The summed E-state index contributed by atoms with van der Waals surface area (Å²) in [5, 5.41) is 3.85. The Bertz CT molecular complexity index is 512. The van der Waals surface area contributed by atoms with Crippen molar-refractivity contribution in [2.45, 2.75) is 0 Å². The van der Waals surface area contributed by atoms with Gasteiger partial charge in [-0.1, -0.05) is 11.6 Å². The van der Waals surface area contributed by atoms with E-state index in [1.54, 1.807) is 0 Å². The molecular formula is C8H3ClF3N3. The molecule has 2 aromatic heterocycles. The van der Waals surface area contributed by atoms with Gasteiger partial charge in [0.05, 0.1) is 17.4 Å². The number of rotatable bonds is 1. The molecular weight excluding hydrogens is 231 g/mol. The molecule has 2 aromatic rings. The Kier molecular flexibility index (Phi) is 2.36. The summed E-state index contributed by atoms with van der Waals surface area (Å²) < 4.78 is 39.3. The largest absolute Gasteiger partial charge is 0.251 e. The Morgan fingerprint density at radius 1 is 1.20 bits per heavy atom. The fourth-order valence-corrected chi connectivity index (χ4v) is 1.15. The van der Waals surface area contributed by atoms with E-state index in [0.717, 1.165) is 4.68 Å². The summed E-state index contributed by atoms with van der Waals surface area (Å²) >= 11 is 5.53. The van der Waals surface area contributed by atoms with Crippen LogP contribution in [-0.2, 0) is 0 Å². The number of hydrogen-bond donors (Lipinski definition) is 0. The van der Waals surface area contributed by atoms with Crippen LogP contribution in [-0.4, -0.2) is 14.8 Å². The van der Waals surface area contributed by atoms with Gasteiger partial charge >= 0.3 is 0 Å². The van der Waals surface area contributed by atoms with Gasteiger partial charge in [-0.05, 0) is 0 Å². The van der Waals surface area contributed by atoms with E-state index in [-0.39, 0.29) is 5.02 Å². The molecule has 0 N–H and O–H groups in total. The molecule has 0 bridgehead atoms. The van der Waals surface area contributed by atoms with E-state index in [0.29, 0.717) is 6.07 Å². The van der Waals surface area contributed by atoms with E-state index in [2.05, 4.69) is 10.1 Å². The third kappa shape index (κ3) is 1.80. The molecule has 0 atom stereocenters. The van der Waals surface area contributed by atoms with Gasteiger partial charge in [0, 0.05) is 6.07 Å². The zero-order valence-corrected chi connectivity index (χ0v) is 7.84.